The lowest BCUT2D eigenvalue weighted by Gasteiger charge is -2.39. The highest BCUT2D eigenvalue weighted by Gasteiger charge is 2.30. The average Bonchev–Trinajstić information content (AvgIpc) is 3.11. The molecule has 128 valence electrons. The number of anilines is 1. The first-order valence-electron chi connectivity index (χ1n) is 8.97. The zero-order chi connectivity index (χ0) is 17.5. The summed E-state index contributed by atoms with van der Waals surface area (Å²) in [7, 11) is 0. The fourth-order valence-electron chi connectivity index (χ4n) is 4.13. The number of rotatable bonds is 2. The number of nitrogens with zero attached hydrogens (tertiary/aromatic N) is 1. The summed E-state index contributed by atoms with van der Waals surface area (Å²) in [5.74, 6) is 0. The third kappa shape index (κ3) is 2.55. The minimum atomic E-state index is 0.220. The number of H-pyrrole nitrogens is 1. The average molecular weight is 403 g/mol. The van der Waals surface area contributed by atoms with Gasteiger partial charge >= 0.3 is 0 Å². The quantitative estimate of drug-likeness (QED) is 0.430. The van der Waals surface area contributed by atoms with Gasteiger partial charge in [-0.1, -0.05) is 58.4 Å². The Hall–Kier alpha value is -2.52. The van der Waals surface area contributed by atoms with E-state index in [1.165, 1.54) is 33.3 Å². The molecule has 3 heteroatoms. The number of aromatic nitrogens is 1. The minimum absolute atomic E-state index is 0.220. The van der Waals surface area contributed by atoms with Gasteiger partial charge in [0.05, 0.1) is 6.04 Å². The van der Waals surface area contributed by atoms with Crippen molar-refractivity contribution in [3.63, 3.8) is 0 Å². The molecule has 1 atom stereocenters. The molecule has 1 aliphatic rings. The van der Waals surface area contributed by atoms with Crippen molar-refractivity contribution in [2.75, 3.05) is 11.4 Å². The van der Waals surface area contributed by atoms with Crippen LogP contribution in [0.5, 0.6) is 0 Å². The van der Waals surface area contributed by atoms with Crippen LogP contribution in [-0.2, 0) is 6.42 Å². The SMILES string of the molecule is Brc1ccc(N2CCc3ccccc3C2c2c[nH]c3ccccc23)cc1. The van der Waals surface area contributed by atoms with Crippen molar-refractivity contribution in [2.45, 2.75) is 12.5 Å². The first kappa shape index (κ1) is 15.7. The van der Waals surface area contributed by atoms with Crippen LogP contribution in [0.25, 0.3) is 10.9 Å². The maximum absolute atomic E-state index is 3.56. The largest absolute Gasteiger partial charge is 0.361 e. The Labute approximate surface area is 161 Å². The summed E-state index contributed by atoms with van der Waals surface area (Å²) < 4.78 is 1.11. The molecule has 26 heavy (non-hydrogen) atoms. The van der Waals surface area contributed by atoms with E-state index in [2.05, 4.69) is 105 Å². The standard InChI is InChI=1S/C23H19BrN2/c24-17-9-11-18(12-10-17)26-14-13-16-5-1-2-6-19(16)23(26)21-15-25-22-8-4-3-7-20(21)22/h1-12,15,23,25H,13-14H2. The molecule has 0 amide bonds. The molecule has 2 heterocycles. The van der Waals surface area contributed by atoms with Gasteiger partial charge in [-0.2, -0.15) is 0 Å². The van der Waals surface area contributed by atoms with E-state index in [-0.39, 0.29) is 6.04 Å². The fourth-order valence-corrected chi connectivity index (χ4v) is 4.40. The van der Waals surface area contributed by atoms with Crippen LogP contribution >= 0.6 is 15.9 Å². The molecular formula is C23H19BrN2. The van der Waals surface area contributed by atoms with Crippen molar-refractivity contribution in [1.82, 2.24) is 4.98 Å². The zero-order valence-electron chi connectivity index (χ0n) is 14.3. The molecule has 0 bridgehead atoms. The van der Waals surface area contributed by atoms with Gasteiger partial charge in [0.2, 0.25) is 0 Å². The van der Waals surface area contributed by atoms with E-state index in [0.717, 1.165) is 17.4 Å². The van der Waals surface area contributed by atoms with Crippen LogP contribution in [0.3, 0.4) is 0 Å². The number of aromatic amines is 1. The molecule has 0 fully saturated rings. The van der Waals surface area contributed by atoms with Gasteiger partial charge in [0, 0.05) is 39.4 Å². The van der Waals surface area contributed by atoms with E-state index in [1.54, 1.807) is 0 Å². The predicted octanol–water partition coefficient (Wildman–Crippen LogP) is 6.08. The van der Waals surface area contributed by atoms with Crippen molar-refractivity contribution in [3.8, 4) is 0 Å². The molecule has 1 aliphatic heterocycles. The van der Waals surface area contributed by atoms with Crippen molar-refractivity contribution in [3.05, 3.63) is 100 Å². The van der Waals surface area contributed by atoms with Crippen LogP contribution < -0.4 is 4.90 Å². The summed E-state index contributed by atoms with van der Waals surface area (Å²) in [5, 5.41) is 1.30. The lowest BCUT2D eigenvalue weighted by Crippen LogP contribution is -2.36. The summed E-state index contributed by atoms with van der Waals surface area (Å²) in [6, 6.07) is 26.3. The first-order valence-corrected chi connectivity index (χ1v) is 9.76. The number of halogens is 1. The topological polar surface area (TPSA) is 19.0 Å². The number of para-hydroxylation sites is 1. The fraction of sp³-hybridized carbons (Fsp3) is 0.130. The maximum Gasteiger partial charge on any atom is 0.0819 e. The van der Waals surface area contributed by atoms with E-state index in [0.29, 0.717) is 0 Å². The van der Waals surface area contributed by atoms with Crippen LogP contribution in [0.1, 0.15) is 22.7 Å². The highest BCUT2D eigenvalue weighted by molar-refractivity contribution is 9.10. The van der Waals surface area contributed by atoms with Crippen molar-refractivity contribution >= 4 is 32.5 Å². The summed E-state index contributed by atoms with van der Waals surface area (Å²) in [6.45, 7) is 1.02. The molecule has 0 spiro atoms. The number of nitrogens with one attached hydrogen (secondary N) is 1. The molecule has 0 saturated heterocycles. The van der Waals surface area contributed by atoms with Crippen molar-refractivity contribution < 1.29 is 0 Å². The molecule has 0 radical (unpaired) electrons. The number of hydrogen-bond acceptors (Lipinski definition) is 1. The molecule has 0 aliphatic carbocycles. The van der Waals surface area contributed by atoms with Gasteiger partial charge in [0.1, 0.15) is 0 Å². The number of benzene rings is 3. The third-order valence-corrected chi connectivity index (χ3v) is 5.89. The molecule has 3 aromatic carbocycles. The van der Waals surface area contributed by atoms with Gasteiger partial charge in [0.25, 0.3) is 0 Å². The predicted molar refractivity (Wildman–Crippen MR) is 112 cm³/mol. The zero-order valence-corrected chi connectivity index (χ0v) is 15.9. The van der Waals surface area contributed by atoms with Crippen LogP contribution in [0.4, 0.5) is 5.69 Å². The summed E-state index contributed by atoms with van der Waals surface area (Å²) in [4.78, 5) is 6.00. The number of hydrogen-bond donors (Lipinski definition) is 1. The second-order valence-corrected chi connectivity index (χ2v) is 7.73. The Balaban J connectivity index is 1.71. The smallest absolute Gasteiger partial charge is 0.0819 e. The molecule has 2 nitrogen and oxygen atoms in total. The van der Waals surface area contributed by atoms with E-state index in [1.807, 2.05) is 0 Å². The van der Waals surface area contributed by atoms with Crippen molar-refractivity contribution in [2.24, 2.45) is 0 Å². The van der Waals surface area contributed by atoms with E-state index in [9.17, 15) is 0 Å². The van der Waals surface area contributed by atoms with Crippen LogP contribution in [0, 0.1) is 0 Å². The molecule has 1 aromatic heterocycles. The van der Waals surface area contributed by atoms with Gasteiger partial charge in [0.15, 0.2) is 0 Å². The van der Waals surface area contributed by atoms with Crippen LogP contribution in [-0.4, -0.2) is 11.5 Å². The third-order valence-electron chi connectivity index (χ3n) is 5.36. The maximum atomic E-state index is 3.56. The second-order valence-electron chi connectivity index (χ2n) is 6.81. The highest BCUT2D eigenvalue weighted by atomic mass is 79.9. The van der Waals surface area contributed by atoms with E-state index < -0.39 is 0 Å². The molecular weight excluding hydrogens is 384 g/mol. The van der Waals surface area contributed by atoms with Gasteiger partial charge in [-0.3, -0.25) is 0 Å². The van der Waals surface area contributed by atoms with E-state index in [4.69, 9.17) is 0 Å². The monoisotopic (exact) mass is 402 g/mol. The summed E-state index contributed by atoms with van der Waals surface area (Å²) in [6.07, 6.45) is 3.26. The van der Waals surface area contributed by atoms with Gasteiger partial charge in [-0.25, -0.2) is 0 Å². The van der Waals surface area contributed by atoms with Gasteiger partial charge in [-0.05, 0) is 47.9 Å². The Morgan fingerprint density at radius 1 is 0.846 bits per heavy atom. The first-order chi connectivity index (χ1) is 12.8. The molecule has 5 rings (SSSR count). The van der Waals surface area contributed by atoms with Gasteiger partial charge in [-0.15, -0.1) is 0 Å². The Morgan fingerprint density at radius 2 is 1.62 bits per heavy atom. The van der Waals surface area contributed by atoms with Gasteiger partial charge < -0.3 is 9.88 Å². The van der Waals surface area contributed by atoms with E-state index >= 15 is 0 Å². The van der Waals surface area contributed by atoms with Crippen LogP contribution in [0.2, 0.25) is 0 Å². The minimum Gasteiger partial charge on any atom is -0.361 e. The Morgan fingerprint density at radius 3 is 2.50 bits per heavy atom. The summed E-state index contributed by atoms with van der Waals surface area (Å²) >= 11 is 3.56. The second kappa shape index (κ2) is 6.33. The molecule has 4 aromatic rings. The number of fused-ring (bicyclic) bond motifs is 2. The lowest BCUT2D eigenvalue weighted by molar-refractivity contribution is 0.656. The van der Waals surface area contributed by atoms with Crippen molar-refractivity contribution in [1.29, 1.82) is 0 Å². The Kier molecular flexibility index (Phi) is 3.83. The Bertz CT molecular complexity index is 1060. The molecule has 1 N–H and O–H groups in total. The summed E-state index contributed by atoms with van der Waals surface area (Å²) in [5.41, 5.74) is 6.66. The lowest BCUT2D eigenvalue weighted by atomic mass is 9.87. The normalized spacial score (nSPS) is 16.7. The molecule has 0 saturated carbocycles. The van der Waals surface area contributed by atoms with Crippen LogP contribution in [0.15, 0.2) is 83.5 Å². The molecule has 1 unspecified atom stereocenters. The highest BCUT2D eigenvalue weighted by Crippen LogP contribution is 2.40.